The first-order valence-corrected chi connectivity index (χ1v) is 30.3. The van der Waals surface area contributed by atoms with Gasteiger partial charge < -0.3 is 14.2 Å². The molecule has 6 heteroatoms. The fraction of sp³-hybridized carbons (Fsp3) is 0.951. The van der Waals surface area contributed by atoms with Crippen LogP contribution in [-0.2, 0) is 28.6 Å². The highest BCUT2D eigenvalue weighted by molar-refractivity contribution is 5.71. The molecule has 0 aliphatic heterocycles. The maximum Gasteiger partial charge on any atom is 0.306 e. The van der Waals surface area contributed by atoms with Crippen LogP contribution in [0.5, 0.6) is 0 Å². The Morgan fingerprint density at radius 3 is 0.851 bits per heavy atom. The number of hydrogen-bond donors (Lipinski definition) is 0. The predicted octanol–water partition coefficient (Wildman–Crippen LogP) is 20.0. The van der Waals surface area contributed by atoms with Crippen LogP contribution in [0.15, 0.2) is 0 Å². The van der Waals surface area contributed by atoms with E-state index >= 15 is 0 Å². The number of hydrogen-bond acceptors (Lipinski definition) is 6. The van der Waals surface area contributed by atoms with Gasteiger partial charge >= 0.3 is 17.9 Å². The number of unbranched alkanes of at least 4 members (excludes halogenated alkanes) is 39. The summed E-state index contributed by atoms with van der Waals surface area (Å²) in [6.07, 6.45) is 58.0. The Bertz CT molecular complexity index is 1030. The zero-order valence-electron chi connectivity index (χ0n) is 46.0. The Kier molecular flexibility index (Phi) is 52.5. The molecule has 0 fully saturated rings. The lowest BCUT2D eigenvalue weighted by Gasteiger charge is -2.18. The van der Waals surface area contributed by atoms with Gasteiger partial charge in [-0.2, -0.15) is 0 Å². The highest BCUT2D eigenvalue weighted by Crippen LogP contribution is 2.19. The van der Waals surface area contributed by atoms with Crippen molar-refractivity contribution in [3.8, 4) is 0 Å². The van der Waals surface area contributed by atoms with Gasteiger partial charge in [0.15, 0.2) is 6.10 Å². The summed E-state index contributed by atoms with van der Waals surface area (Å²) in [6.45, 7) is 11.5. The smallest absolute Gasteiger partial charge is 0.306 e. The topological polar surface area (TPSA) is 78.9 Å². The third kappa shape index (κ3) is 53.6. The highest BCUT2D eigenvalue weighted by atomic mass is 16.6. The second kappa shape index (κ2) is 53.8. The summed E-state index contributed by atoms with van der Waals surface area (Å²) < 4.78 is 16.9. The second-order valence-electron chi connectivity index (χ2n) is 21.7. The van der Waals surface area contributed by atoms with E-state index in [9.17, 15) is 14.4 Å². The van der Waals surface area contributed by atoms with Crippen LogP contribution in [0.2, 0.25) is 0 Å². The first-order valence-electron chi connectivity index (χ1n) is 30.3. The Balaban J connectivity index is 4.28. The van der Waals surface area contributed by atoms with Gasteiger partial charge in [-0.3, -0.25) is 14.4 Å². The van der Waals surface area contributed by atoms with Crippen molar-refractivity contribution in [3.05, 3.63) is 0 Å². The minimum absolute atomic E-state index is 0.0625. The molecule has 398 valence electrons. The molecule has 0 bridgehead atoms. The van der Waals surface area contributed by atoms with E-state index in [-0.39, 0.29) is 31.1 Å². The minimum atomic E-state index is -0.763. The van der Waals surface area contributed by atoms with E-state index in [0.29, 0.717) is 19.3 Å². The number of esters is 3. The van der Waals surface area contributed by atoms with Crippen molar-refractivity contribution in [2.75, 3.05) is 13.2 Å². The molecule has 0 aromatic carbocycles. The van der Waals surface area contributed by atoms with Crippen LogP contribution < -0.4 is 0 Å². The molecular weight excluding hydrogens is 829 g/mol. The maximum absolute atomic E-state index is 12.9. The van der Waals surface area contributed by atoms with Gasteiger partial charge in [-0.05, 0) is 31.1 Å². The lowest BCUT2D eigenvalue weighted by Crippen LogP contribution is -2.30. The molecule has 0 rings (SSSR count). The predicted molar refractivity (Wildman–Crippen MR) is 289 cm³/mol. The number of ether oxygens (including phenoxy) is 3. The summed E-state index contributed by atoms with van der Waals surface area (Å²) in [4.78, 5) is 38.2. The fourth-order valence-corrected chi connectivity index (χ4v) is 9.37. The Morgan fingerprint density at radius 2 is 0.567 bits per heavy atom. The van der Waals surface area contributed by atoms with Crippen molar-refractivity contribution in [3.63, 3.8) is 0 Å². The van der Waals surface area contributed by atoms with Gasteiger partial charge in [0.2, 0.25) is 0 Å². The molecule has 0 heterocycles. The summed E-state index contributed by atoms with van der Waals surface area (Å²) in [5.74, 6) is 0.880. The third-order valence-electron chi connectivity index (χ3n) is 14.3. The van der Waals surface area contributed by atoms with Gasteiger partial charge in [-0.1, -0.05) is 304 Å². The number of carbonyl (C=O) groups is 3. The Hall–Kier alpha value is -1.59. The summed E-state index contributed by atoms with van der Waals surface area (Å²) in [5, 5.41) is 0. The van der Waals surface area contributed by atoms with Crippen LogP contribution in [0.4, 0.5) is 0 Å². The van der Waals surface area contributed by atoms with E-state index in [4.69, 9.17) is 14.2 Å². The van der Waals surface area contributed by atoms with Crippen LogP contribution >= 0.6 is 0 Å². The first-order chi connectivity index (χ1) is 32.8. The van der Waals surface area contributed by atoms with Crippen LogP contribution in [0.1, 0.15) is 343 Å². The largest absolute Gasteiger partial charge is 0.462 e. The molecule has 0 aromatic rings. The number of rotatable bonds is 55. The van der Waals surface area contributed by atoms with Gasteiger partial charge in [0.05, 0.1) is 0 Å². The van der Waals surface area contributed by atoms with E-state index in [1.165, 1.54) is 231 Å². The zero-order valence-corrected chi connectivity index (χ0v) is 46.0. The van der Waals surface area contributed by atoms with Crippen molar-refractivity contribution < 1.29 is 28.6 Å². The van der Waals surface area contributed by atoms with Crippen LogP contribution in [0.25, 0.3) is 0 Å². The van der Waals surface area contributed by atoms with Crippen molar-refractivity contribution in [1.29, 1.82) is 0 Å². The quantitative estimate of drug-likeness (QED) is 0.0343. The van der Waals surface area contributed by atoms with E-state index in [1.807, 2.05) is 0 Å². The molecule has 0 radical (unpaired) electrons. The molecule has 1 unspecified atom stereocenters. The zero-order chi connectivity index (χ0) is 48.9. The van der Waals surface area contributed by atoms with Gasteiger partial charge in [0, 0.05) is 19.3 Å². The average molecular weight is 948 g/mol. The Morgan fingerprint density at radius 1 is 0.313 bits per heavy atom. The molecule has 0 saturated heterocycles. The molecule has 0 amide bonds. The molecule has 0 N–H and O–H groups in total. The van der Waals surface area contributed by atoms with E-state index in [1.54, 1.807) is 0 Å². The second-order valence-corrected chi connectivity index (χ2v) is 21.7. The van der Waals surface area contributed by atoms with Crippen LogP contribution in [0, 0.1) is 11.8 Å². The van der Waals surface area contributed by atoms with Crippen LogP contribution in [0.3, 0.4) is 0 Å². The lowest BCUT2D eigenvalue weighted by molar-refractivity contribution is -0.167. The molecule has 2 atom stereocenters. The summed E-state index contributed by atoms with van der Waals surface area (Å²) in [5.41, 5.74) is 0. The standard InChI is InChI=1S/C61H118O6/c1-6-8-9-10-11-12-13-14-15-16-19-22-25-31-36-41-46-51-59(62)65-54-58(67-61(64)53-48-43-38-33-28-27-30-35-40-45-50-57(5)7-2)55-66-60(63)52-47-42-37-32-26-23-20-17-18-21-24-29-34-39-44-49-56(3)4/h56-58H,6-55H2,1-5H3/t57?,58-/m0/s1. The van der Waals surface area contributed by atoms with Crippen molar-refractivity contribution in [2.45, 2.75) is 349 Å². The summed E-state index contributed by atoms with van der Waals surface area (Å²) in [7, 11) is 0. The number of carbonyl (C=O) groups excluding carboxylic acids is 3. The molecule has 6 nitrogen and oxygen atoms in total. The van der Waals surface area contributed by atoms with E-state index < -0.39 is 6.10 Å². The Labute approximate surface area is 418 Å². The first kappa shape index (κ1) is 65.4. The van der Waals surface area contributed by atoms with Crippen LogP contribution in [-0.4, -0.2) is 37.2 Å². The van der Waals surface area contributed by atoms with Gasteiger partial charge in [0.1, 0.15) is 13.2 Å². The fourth-order valence-electron chi connectivity index (χ4n) is 9.37. The maximum atomic E-state index is 12.9. The van der Waals surface area contributed by atoms with Crippen molar-refractivity contribution in [2.24, 2.45) is 11.8 Å². The average Bonchev–Trinajstić information content (AvgIpc) is 3.31. The van der Waals surface area contributed by atoms with Gasteiger partial charge in [-0.15, -0.1) is 0 Å². The molecule has 0 saturated carbocycles. The summed E-state index contributed by atoms with van der Waals surface area (Å²) in [6, 6.07) is 0. The molecule has 0 aromatic heterocycles. The van der Waals surface area contributed by atoms with Gasteiger partial charge in [0.25, 0.3) is 0 Å². The lowest BCUT2D eigenvalue weighted by atomic mass is 9.99. The molecule has 0 spiro atoms. The molecule has 0 aliphatic rings. The molecule has 0 aliphatic carbocycles. The molecular formula is C61H118O6. The third-order valence-corrected chi connectivity index (χ3v) is 14.3. The van der Waals surface area contributed by atoms with E-state index in [2.05, 4.69) is 34.6 Å². The van der Waals surface area contributed by atoms with E-state index in [0.717, 1.165) is 69.6 Å². The molecule has 67 heavy (non-hydrogen) atoms. The summed E-state index contributed by atoms with van der Waals surface area (Å²) >= 11 is 0. The minimum Gasteiger partial charge on any atom is -0.462 e. The van der Waals surface area contributed by atoms with Crippen molar-refractivity contribution >= 4 is 17.9 Å². The normalized spacial score (nSPS) is 12.4. The highest BCUT2D eigenvalue weighted by Gasteiger charge is 2.19. The van der Waals surface area contributed by atoms with Gasteiger partial charge in [-0.25, -0.2) is 0 Å². The monoisotopic (exact) mass is 947 g/mol. The van der Waals surface area contributed by atoms with Crippen molar-refractivity contribution in [1.82, 2.24) is 0 Å². The SMILES string of the molecule is CCCCCCCCCCCCCCCCCCCC(=O)OC[C@@H](COC(=O)CCCCCCCCCCCCCCCCCC(C)C)OC(=O)CCCCCCCCCCCCC(C)CC.